The van der Waals surface area contributed by atoms with E-state index in [9.17, 15) is 10.1 Å². The van der Waals surface area contributed by atoms with Crippen molar-refractivity contribution in [1.29, 1.82) is 5.26 Å². The second-order valence-corrected chi connectivity index (χ2v) is 6.83. The average molecular weight is 377 g/mol. The van der Waals surface area contributed by atoms with Gasteiger partial charge in [0.2, 0.25) is 0 Å². The van der Waals surface area contributed by atoms with E-state index in [1.54, 1.807) is 17.0 Å². The summed E-state index contributed by atoms with van der Waals surface area (Å²) in [5.41, 5.74) is 1.94. The summed E-state index contributed by atoms with van der Waals surface area (Å²) in [5.74, 6) is 0.619. The molecule has 0 atom stereocenters. The highest BCUT2D eigenvalue weighted by atomic mass is 35.5. The Hall–Kier alpha value is -3.10. The summed E-state index contributed by atoms with van der Waals surface area (Å²) in [7, 11) is 0. The number of carbonyl (C=O) groups is 1. The number of carbonyl (C=O) groups excluding carboxylic acids is 1. The van der Waals surface area contributed by atoms with Gasteiger partial charge in [0, 0.05) is 31.6 Å². The monoisotopic (exact) mass is 376 g/mol. The highest BCUT2D eigenvalue weighted by molar-refractivity contribution is 6.33. The molecule has 0 saturated carbocycles. The van der Waals surface area contributed by atoms with Gasteiger partial charge in [-0.25, -0.2) is 4.98 Å². The topological polar surface area (TPSA) is 60.2 Å². The van der Waals surface area contributed by atoms with Gasteiger partial charge in [0.1, 0.15) is 11.9 Å². The molecule has 1 fully saturated rings. The zero-order valence-corrected chi connectivity index (χ0v) is 15.4. The number of nitriles is 1. The van der Waals surface area contributed by atoms with Crippen LogP contribution in [0.5, 0.6) is 0 Å². The smallest absolute Gasteiger partial charge is 0.255 e. The Morgan fingerprint density at radius 1 is 1.04 bits per heavy atom. The summed E-state index contributed by atoms with van der Waals surface area (Å²) in [6, 6.07) is 19.0. The molecule has 1 aliphatic heterocycles. The molecular weight excluding hydrogens is 360 g/mol. The third kappa shape index (κ3) is 3.32. The molecule has 2 aromatic carbocycles. The normalized spacial score (nSPS) is 14.2. The molecule has 6 heteroatoms. The first-order valence-corrected chi connectivity index (χ1v) is 9.14. The predicted molar refractivity (Wildman–Crippen MR) is 106 cm³/mol. The van der Waals surface area contributed by atoms with E-state index in [0.29, 0.717) is 48.1 Å². The number of nitrogens with zero attached hydrogens (tertiary/aromatic N) is 4. The molecule has 3 aromatic rings. The molecule has 1 amide bonds. The molecule has 0 spiro atoms. The van der Waals surface area contributed by atoms with E-state index in [1.807, 2.05) is 42.5 Å². The Balaban J connectivity index is 1.54. The fraction of sp³-hybridized carbons (Fsp3) is 0.190. The Labute approximate surface area is 162 Å². The number of hydrogen-bond acceptors (Lipinski definition) is 4. The summed E-state index contributed by atoms with van der Waals surface area (Å²) in [5, 5.41) is 10.9. The number of hydrogen-bond donors (Lipinski definition) is 0. The fourth-order valence-corrected chi connectivity index (χ4v) is 3.57. The highest BCUT2D eigenvalue weighted by Crippen LogP contribution is 2.25. The van der Waals surface area contributed by atoms with Gasteiger partial charge in [-0.15, -0.1) is 0 Å². The van der Waals surface area contributed by atoms with Crippen LogP contribution in [-0.4, -0.2) is 42.0 Å². The van der Waals surface area contributed by atoms with Gasteiger partial charge in [-0.3, -0.25) is 4.79 Å². The number of aromatic nitrogens is 1. The van der Waals surface area contributed by atoms with E-state index < -0.39 is 0 Å². The van der Waals surface area contributed by atoms with E-state index in [1.165, 1.54) is 0 Å². The molecule has 2 heterocycles. The van der Waals surface area contributed by atoms with Crippen molar-refractivity contribution in [2.75, 3.05) is 31.1 Å². The number of fused-ring (bicyclic) bond motifs is 1. The van der Waals surface area contributed by atoms with Crippen LogP contribution in [0.25, 0.3) is 10.9 Å². The van der Waals surface area contributed by atoms with Crippen molar-refractivity contribution < 1.29 is 4.79 Å². The number of pyridine rings is 1. The van der Waals surface area contributed by atoms with Crippen LogP contribution < -0.4 is 4.90 Å². The van der Waals surface area contributed by atoms with E-state index >= 15 is 0 Å². The lowest BCUT2D eigenvalue weighted by Gasteiger charge is -2.36. The number of amides is 1. The minimum Gasteiger partial charge on any atom is -0.352 e. The van der Waals surface area contributed by atoms with E-state index in [-0.39, 0.29) is 5.91 Å². The third-order valence-corrected chi connectivity index (χ3v) is 5.12. The largest absolute Gasteiger partial charge is 0.352 e. The number of rotatable bonds is 2. The van der Waals surface area contributed by atoms with Gasteiger partial charge in [-0.05, 0) is 24.3 Å². The van der Waals surface area contributed by atoms with Crippen molar-refractivity contribution in [2.45, 2.75) is 0 Å². The predicted octanol–water partition coefficient (Wildman–Crippen LogP) is 3.72. The molecule has 134 valence electrons. The van der Waals surface area contributed by atoms with Crippen molar-refractivity contribution in [1.82, 2.24) is 9.88 Å². The Morgan fingerprint density at radius 3 is 2.48 bits per heavy atom. The molecule has 27 heavy (non-hydrogen) atoms. The van der Waals surface area contributed by atoms with Crippen LogP contribution in [0.4, 0.5) is 5.82 Å². The third-order valence-electron chi connectivity index (χ3n) is 4.79. The highest BCUT2D eigenvalue weighted by Gasteiger charge is 2.25. The number of para-hydroxylation sites is 1. The van der Waals surface area contributed by atoms with Crippen LogP contribution in [-0.2, 0) is 0 Å². The van der Waals surface area contributed by atoms with Crippen molar-refractivity contribution in [3.63, 3.8) is 0 Å². The SMILES string of the molecule is N#Cc1cc2ccccc2nc1N1CCN(C(=O)c2ccccc2Cl)CC1. The lowest BCUT2D eigenvalue weighted by atomic mass is 10.1. The molecule has 0 bridgehead atoms. The van der Waals surface area contributed by atoms with E-state index in [4.69, 9.17) is 16.6 Å². The Morgan fingerprint density at radius 2 is 1.74 bits per heavy atom. The van der Waals surface area contributed by atoms with Crippen molar-refractivity contribution >= 4 is 34.2 Å². The maximum atomic E-state index is 12.7. The second-order valence-electron chi connectivity index (χ2n) is 6.42. The molecule has 0 radical (unpaired) electrons. The number of benzene rings is 2. The molecule has 1 saturated heterocycles. The number of anilines is 1. The van der Waals surface area contributed by atoms with Gasteiger partial charge in [-0.1, -0.05) is 41.9 Å². The van der Waals surface area contributed by atoms with Crippen molar-refractivity contribution in [2.24, 2.45) is 0 Å². The van der Waals surface area contributed by atoms with Gasteiger partial charge in [0.15, 0.2) is 0 Å². The lowest BCUT2D eigenvalue weighted by Crippen LogP contribution is -2.49. The van der Waals surface area contributed by atoms with Crippen LogP contribution in [0.3, 0.4) is 0 Å². The molecule has 1 aliphatic rings. The number of piperazine rings is 1. The second kappa shape index (κ2) is 7.26. The van der Waals surface area contributed by atoms with E-state index in [0.717, 1.165) is 10.9 Å². The maximum Gasteiger partial charge on any atom is 0.255 e. The van der Waals surface area contributed by atoms with Gasteiger partial charge in [-0.2, -0.15) is 5.26 Å². The molecule has 1 aromatic heterocycles. The summed E-state index contributed by atoms with van der Waals surface area (Å²) in [6.07, 6.45) is 0. The van der Waals surface area contributed by atoms with Crippen LogP contribution in [0.2, 0.25) is 5.02 Å². The summed E-state index contributed by atoms with van der Waals surface area (Å²) >= 11 is 6.15. The molecule has 0 N–H and O–H groups in total. The maximum absolute atomic E-state index is 12.7. The van der Waals surface area contributed by atoms with Gasteiger partial charge < -0.3 is 9.80 Å². The van der Waals surface area contributed by atoms with Crippen molar-refractivity contribution in [3.05, 3.63) is 70.7 Å². The van der Waals surface area contributed by atoms with Gasteiger partial charge in [0.05, 0.1) is 21.7 Å². The van der Waals surface area contributed by atoms with Gasteiger partial charge >= 0.3 is 0 Å². The van der Waals surface area contributed by atoms with Gasteiger partial charge in [0.25, 0.3) is 5.91 Å². The van der Waals surface area contributed by atoms with E-state index in [2.05, 4.69) is 11.0 Å². The van der Waals surface area contributed by atoms with Crippen LogP contribution in [0.1, 0.15) is 15.9 Å². The molecular formula is C21H17ClN4O. The van der Waals surface area contributed by atoms with Crippen LogP contribution in [0, 0.1) is 11.3 Å². The minimum atomic E-state index is -0.0628. The fourth-order valence-electron chi connectivity index (χ4n) is 3.36. The summed E-state index contributed by atoms with van der Waals surface area (Å²) in [6.45, 7) is 2.36. The molecule has 0 aliphatic carbocycles. The number of halogens is 1. The zero-order valence-electron chi connectivity index (χ0n) is 14.6. The quantitative estimate of drug-likeness (QED) is 0.683. The molecule has 5 nitrogen and oxygen atoms in total. The first-order valence-electron chi connectivity index (χ1n) is 8.76. The Bertz CT molecular complexity index is 1050. The molecule has 0 unspecified atom stereocenters. The van der Waals surface area contributed by atoms with Crippen LogP contribution >= 0.6 is 11.6 Å². The molecule has 4 rings (SSSR count). The lowest BCUT2D eigenvalue weighted by molar-refractivity contribution is 0.0746. The Kier molecular flexibility index (Phi) is 4.66. The van der Waals surface area contributed by atoms with Crippen molar-refractivity contribution in [3.8, 4) is 6.07 Å². The van der Waals surface area contributed by atoms with Crippen LogP contribution in [0.15, 0.2) is 54.6 Å². The average Bonchev–Trinajstić information content (AvgIpc) is 2.72. The summed E-state index contributed by atoms with van der Waals surface area (Å²) < 4.78 is 0. The minimum absolute atomic E-state index is 0.0628. The first-order chi connectivity index (χ1) is 13.2. The zero-order chi connectivity index (χ0) is 18.8. The first kappa shape index (κ1) is 17.3. The standard InChI is InChI=1S/C21H17ClN4O/c22-18-7-3-2-6-17(18)21(27)26-11-9-25(10-12-26)20-16(14-23)13-15-5-1-4-8-19(15)24-20/h1-8,13H,9-12H2. The summed E-state index contributed by atoms with van der Waals surface area (Å²) in [4.78, 5) is 21.3.